The maximum absolute atomic E-state index is 11.0. The number of hydrogen-bond acceptors (Lipinski definition) is 6. The summed E-state index contributed by atoms with van der Waals surface area (Å²) in [5, 5.41) is 11.0. The molecule has 1 heterocycles. The first-order valence-corrected chi connectivity index (χ1v) is 11.9. The van der Waals surface area contributed by atoms with Crippen molar-refractivity contribution < 1.29 is 24.1 Å². The molecule has 6 heteroatoms. The quantitative estimate of drug-likeness (QED) is 0.437. The molecule has 0 radical (unpaired) electrons. The van der Waals surface area contributed by atoms with Crippen molar-refractivity contribution in [3.63, 3.8) is 0 Å². The number of methoxy groups -OCH3 is 1. The highest BCUT2D eigenvalue weighted by Gasteiger charge is 2.46. The SMILES string of the molecule is CCCCCOC[C@H]1O[C@@H](Sc2ccccc2)[C@H](OC)[C@@H](OCCCCC)[C@@H]1O. The van der Waals surface area contributed by atoms with Gasteiger partial charge in [-0.15, -0.1) is 0 Å². The number of aliphatic hydroxyl groups excluding tert-OH is 1. The molecule has 0 aromatic heterocycles. The van der Waals surface area contributed by atoms with E-state index in [1.54, 1.807) is 18.9 Å². The van der Waals surface area contributed by atoms with E-state index >= 15 is 0 Å². The Kier molecular flexibility index (Phi) is 12.2. The van der Waals surface area contributed by atoms with Gasteiger partial charge in [0.15, 0.2) is 0 Å². The molecule has 0 unspecified atom stereocenters. The van der Waals surface area contributed by atoms with Crippen LogP contribution in [0.1, 0.15) is 52.4 Å². The monoisotopic (exact) mass is 426 g/mol. The van der Waals surface area contributed by atoms with E-state index < -0.39 is 18.3 Å². The van der Waals surface area contributed by atoms with Gasteiger partial charge in [-0.25, -0.2) is 0 Å². The normalized spacial score (nSPS) is 27.2. The topological polar surface area (TPSA) is 57.2 Å². The summed E-state index contributed by atoms with van der Waals surface area (Å²) in [5.74, 6) is 0. The minimum Gasteiger partial charge on any atom is -0.387 e. The molecule has 5 nitrogen and oxygen atoms in total. The first-order chi connectivity index (χ1) is 14.2. The Balaban J connectivity index is 2.04. The highest BCUT2D eigenvalue weighted by Crippen LogP contribution is 2.36. The van der Waals surface area contributed by atoms with Crippen LogP contribution in [0, 0.1) is 0 Å². The number of aliphatic hydroxyl groups is 1. The van der Waals surface area contributed by atoms with Crippen molar-refractivity contribution in [1.82, 2.24) is 0 Å². The molecule has 0 saturated carbocycles. The Morgan fingerprint density at radius 2 is 1.66 bits per heavy atom. The lowest BCUT2D eigenvalue weighted by molar-refractivity contribution is -0.229. The number of unbranched alkanes of at least 4 members (excludes halogenated alkanes) is 4. The minimum atomic E-state index is -0.777. The second-order valence-electron chi connectivity index (χ2n) is 7.49. The molecule has 0 amide bonds. The second kappa shape index (κ2) is 14.4. The van der Waals surface area contributed by atoms with Gasteiger partial charge in [-0.2, -0.15) is 0 Å². The van der Waals surface area contributed by atoms with Crippen LogP contribution in [-0.4, -0.2) is 61.9 Å². The van der Waals surface area contributed by atoms with Crippen LogP contribution in [-0.2, 0) is 18.9 Å². The zero-order valence-corrected chi connectivity index (χ0v) is 18.9. The maximum atomic E-state index is 11.0. The van der Waals surface area contributed by atoms with Gasteiger partial charge >= 0.3 is 0 Å². The highest BCUT2D eigenvalue weighted by molar-refractivity contribution is 7.99. The van der Waals surface area contributed by atoms with Crippen molar-refractivity contribution in [1.29, 1.82) is 0 Å². The van der Waals surface area contributed by atoms with Crippen molar-refractivity contribution in [2.45, 2.75) is 87.1 Å². The van der Waals surface area contributed by atoms with Gasteiger partial charge in [0.05, 0.1) is 6.61 Å². The van der Waals surface area contributed by atoms with E-state index in [0.29, 0.717) is 19.8 Å². The molecule has 2 rings (SSSR count). The van der Waals surface area contributed by atoms with Crippen LogP contribution in [0.25, 0.3) is 0 Å². The van der Waals surface area contributed by atoms with Crippen LogP contribution in [0.3, 0.4) is 0 Å². The molecule has 1 saturated heterocycles. The van der Waals surface area contributed by atoms with Crippen molar-refractivity contribution in [2.75, 3.05) is 26.9 Å². The maximum Gasteiger partial charge on any atom is 0.137 e. The third-order valence-corrected chi connectivity index (χ3v) is 6.27. The van der Waals surface area contributed by atoms with Gasteiger partial charge in [-0.3, -0.25) is 0 Å². The van der Waals surface area contributed by atoms with Crippen LogP contribution in [0.5, 0.6) is 0 Å². The molecule has 0 aliphatic carbocycles. The Morgan fingerprint density at radius 3 is 2.31 bits per heavy atom. The molecule has 166 valence electrons. The fourth-order valence-electron chi connectivity index (χ4n) is 3.42. The number of ether oxygens (including phenoxy) is 4. The first kappa shape index (κ1) is 24.6. The summed E-state index contributed by atoms with van der Waals surface area (Å²) in [6.45, 7) is 6.00. The van der Waals surface area contributed by atoms with Gasteiger partial charge in [-0.05, 0) is 25.0 Å². The number of benzene rings is 1. The molecule has 1 N–H and O–H groups in total. The molecule has 5 atom stereocenters. The molecule has 1 fully saturated rings. The van der Waals surface area contributed by atoms with Gasteiger partial charge in [0, 0.05) is 25.2 Å². The van der Waals surface area contributed by atoms with Crippen molar-refractivity contribution in [2.24, 2.45) is 0 Å². The molecule has 0 spiro atoms. The predicted molar refractivity (Wildman–Crippen MR) is 117 cm³/mol. The second-order valence-corrected chi connectivity index (χ2v) is 8.66. The van der Waals surface area contributed by atoms with Crippen LogP contribution >= 0.6 is 11.8 Å². The van der Waals surface area contributed by atoms with Crippen molar-refractivity contribution in [3.05, 3.63) is 30.3 Å². The van der Waals surface area contributed by atoms with E-state index in [4.69, 9.17) is 18.9 Å². The van der Waals surface area contributed by atoms with Crippen molar-refractivity contribution >= 4 is 11.8 Å². The Morgan fingerprint density at radius 1 is 0.966 bits per heavy atom. The van der Waals surface area contributed by atoms with Gasteiger partial charge in [0.25, 0.3) is 0 Å². The summed E-state index contributed by atoms with van der Waals surface area (Å²) in [4.78, 5) is 1.10. The van der Waals surface area contributed by atoms with E-state index in [9.17, 15) is 5.11 Å². The Labute approximate surface area is 180 Å². The third-order valence-electron chi connectivity index (χ3n) is 5.12. The summed E-state index contributed by atoms with van der Waals surface area (Å²) in [5.41, 5.74) is -0.272. The van der Waals surface area contributed by atoms with Crippen molar-refractivity contribution in [3.8, 4) is 0 Å². The smallest absolute Gasteiger partial charge is 0.137 e. The van der Waals surface area contributed by atoms with Crippen LogP contribution in [0.15, 0.2) is 35.2 Å². The lowest BCUT2D eigenvalue weighted by atomic mass is 9.99. The minimum absolute atomic E-state index is 0.272. The van der Waals surface area contributed by atoms with Gasteiger partial charge in [-0.1, -0.05) is 69.5 Å². The van der Waals surface area contributed by atoms with Gasteiger partial charge in [0.2, 0.25) is 0 Å². The molecule has 1 aliphatic rings. The molecular formula is C23H38O5S. The number of thioether (sulfide) groups is 1. The molecule has 1 aliphatic heterocycles. The van der Waals surface area contributed by atoms with E-state index in [0.717, 1.165) is 43.4 Å². The lowest BCUT2D eigenvalue weighted by Gasteiger charge is -2.43. The van der Waals surface area contributed by atoms with E-state index in [-0.39, 0.29) is 11.5 Å². The summed E-state index contributed by atoms with van der Waals surface area (Å²) in [6, 6.07) is 10.1. The van der Waals surface area contributed by atoms with Gasteiger partial charge in [0.1, 0.15) is 29.9 Å². The Hall–Kier alpha value is -0.630. The third kappa shape index (κ3) is 8.19. The Bertz CT molecular complexity index is 529. The fourth-order valence-corrected chi connectivity index (χ4v) is 4.60. The zero-order chi connectivity index (χ0) is 20.9. The molecule has 1 aromatic carbocycles. The summed E-state index contributed by atoms with van der Waals surface area (Å²) in [6.07, 6.45) is 4.56. The summed E-state index contributed by atoms with van der Waals surface area (Å²) in [7, 11) is 1.66. The van der Waals surface area contributed by atoms with E-state index in [1.165, 1.54) is 0 Å². The molecule has 29 heavy (non-hydrogen) atoms. The average Bonchev–Trinajstić information content (AvgIpc) is 2.74. The van der Waals surface area contributed by atoms with Gasteiger partial charge < -0.3 is 24.1 Å². The van der Waals surface area contributed by atoms with Crippen LogP contribution in [0.2, 0.25) is 0 Å². The molecular weight excluding hydrogens is 388 g/mol. The lowest BCUT2D eigenvalue weighted by Crippen LogP contribution is -2.59. The number of rotatable bonds is 14. The standard InChI is InChI=1S/C23H38O5S/c1-4-6-11-15-26-17-19-20(24)21(27-16-12-7-5-2)22(25-3)23(28-19)29-18-13-9-8-10-14-18/h8-10,13-14,19-24H,4-7,11-12,15-17H2,1-3H3/t19-,20-,21+,22-,23+/m1/s1. The fraction of sp³-hybridized carbons (Fsp3) is 0.739. The largest absolute Gasteiger partial charge is 0.387 e. The number of hydrogen-bond donors (Lipinski definition) is 1. The van der Waals surface area contributed by atoms with Crippen LogP contribution in [0.4, 0.5) is 0 Å². The van der Waals surface area contributed by atoms with Crippen LogP contribution < -0.4 is 0 Å². The summed E-state index contributed by atoms with van der Waals surface area (Å²) >= 11 is 1.60. The summed E-state index contributed by atoms with van der Waals surface area (Å²) < 4.78 is 23.9. The molecule has 0 bridgehead atoms. The molecule has 1 aromatic rings. The van der Waals surface area contributed by atoms with E-state index in [1.807, 2.05) is 18.2 Å². The van der Waals surface area contributed by atoms with E-state index in [2.05, 4.69) is 26.0 Å². The highest BCUT2D eigenvalue weighted by atomic mass is 32.2. The predicted octanol–water partition coefficient (Wildman–Crippen LogP) is 4.66. The average molecular weight is 427 g/mol. The first-order valence-electron chi connectivity index (χ1n) is 11.0. The zero-order valence-electron chi connectivity index (χ0n) is 18.1.